The first-order chi connectivity index (χ1) is 10.2. The summed E-state index contributed by atoms with van der Waals surface area (Å²) in [7, 11) is 3.11. The molecule has 3 aromatic carbocycles. The highest BCUT2D eigenvalue weighted by molar-refractivity contribution is 5.88. The smallest absolute Gasteiger partial charge is 0.172 e. The molecule has 0 bridgehead atoms. The van der Waals surface area contributed by atoms with Crippen LogP contribution in [0.2, 0.25) is 0 Å². The molecule has 0 N–H and O–H groups in total. The van der Waals surface area contributed by atoms with Gasteiger partial charge in [-0.15, -0.1) is 0 Å². The molecule has 0 atom stereocenters. The molecule has 3 aromatic rings. The lowest BCUT2D eigenvalue weighted by molar-refractivity contribution is 0.387. The van der Waals surface area contributed by atoms with Crippen molar-refractivity contribution >= 4 is 10.8 Å². The Kier molecular flexibility index (Phi) is 3.48. The Labute approximate surface area is 122 Å². The van der Waals surface area contributed by atoms with E-state index in [0.29, 0.717) is 5.56 Å². The van der Waals surface area contributed by atoms with Gasteiger partial charge in [0, 0.05) is 5.56 Å². The van der Waals surface area contributed by atoms with E-state index in [9.17, 15) is 4.39 Å². The zero-order valence-electron chi connectivity index (χ0n) is 11.9. The number of benzene rings is 3. The molecule has 3 rings (SSSR count). The van der Waals surface area contributed by atoms with Gasteiger partial charge in [-0.3, -0.25) is 0 Å². The van der Waals surface area contributed by atoms with Crippen LogP contribution in [0, 0.1) is 5.82 Å². The van der Waals surface area contributed by atoms with Crippen molar-refractivity contribution in [3.05, 3.63) is 60.4 Å². The van der Waals surface area contributed by atoms with Crippen LogP contribution in [0.25, 0.3) is 21.9 Å². The van der Waals surface area contributed by atoms with Gasteiger partial charge in [0.25, 0.3) is 0 Å². The van der Waals surface area contributed by atoms with Gasteiger partial charge < -0.3 is 9.47 Å². The first-order valence-corrected chi connectivity index (χ1v) is 6.63. The minimum Gasteiger partial charge on any atom is -0.497 e. The van der Waals surface area contributed by atoms with Gasteiger partial charge in [-0.2, -0.15) is 0 Å². The zero-order chi connectivity index (χ0) is 14.8. The van der Waals surface area contributed by atoms with Gasteiger partial charge >= 0.3 is 0 Å². The summed E-state index contributed by atoms with van der Waals surface area (Å²) in [6.45, 7) is 0. The Hall–Kier alpha value is -2.55. The third-order valence-corrected chi connectivity index (χ3v) is 3.54. The van der Waals surface area contributed by atoms with E-state index in [2.05, 4.69) is 0 Å². The summed E-state index contributed by atoms with van der Waals surface area (Å²) in [6.07, 6.45) is 0. The Bertz CT molecular complexity index is 796. The molecule has 0 fully saturated rings. The van der Waals surface area contributed by atoms with Crippen LogP contribution >= 0.6 is 0 Å². The molecule has 0 aliphatic carbocycles. The summed E-state index contributed by atoms with van der Waals surface area (Å²) in [5.41, 5.74) is 1.36. The first-order valence-electron chi connectivity index (χ1n) is 6.63. The van der Waals surface area contributed by atoms with E-state index in [0.717, 1.165) is 22.1 Å². The molecule has 0 saturated carbocycles. The molecule has 0 saturated heterocycles. The third-order valence-electron chi connectivity index (χ3n) is 3.54. The van der Waals surface area contributed by atoms with Crippen molar-refractivity contribution in [2.75, 3.05) is 14.2 Å². The van der Waals surface area contributed by atoms with E-state index in [1.807, 2.05) is 36.4 Å². The van der Waals surface area contributed by atoms with Crippen LogP contribution in [-0.2, 0) is 0 Å². The number of hydrogen-bond acceptors (Lipinski definition) is 2. The maximum atomic E-state index is 14.3. The van der Waals surface area contributed by atoms with Gasteiger partial charge in [-0.25, -0.2) is 4.39 Å². The van der Waals surface area contributed by atoms with Gasteiger partial charge in [0.15, 0.2) is 11.6 Å². The lowest BCUT2D eigenvalue weighted by atomic mass is 10.0. The van der Waals surface area contributed by atoms with E-state index >= 15 is 0 Å². The van der Waals surface area contributed by atoms with Crippen molar-refractivity contribution in [2.24, 2.45) is 0 Å². The quantitative estimate of drug-likeness (QED) is 0.695. The molecule has 0 amide bonds. The van der Waals surface area contributed by atoms with E-state index in [1.54, 1.807) is 25.3 Å². The normalized spacial score (nSPS) is 10.6. The molecule has 0 aliphatic heterocycles. The van der Waals surface area contributed by atoms with Gasteiger partial charge in [-0.1, -0.05) is 30.3 Å². The highest BCUT2D eigenvalue weighted by Crippen LogP contribution is 2.31. The highest BCUT2D eigenvalue weighted by atomic mass is 19.1. The molecule has 2 nitrogen and oxygen atoms in total. The SMILES string of the molecule is COc1ccc2cc(-c3cccc(OC)c3F)ccc2c1. The van der Waals surface area contributed by atoms with Crippen molar-refractivity contribution in [3.8, 4) is 22.6 Å². The highest BCUT2D eigenvalue weighted by Gasteiger charge is 2.10. The van der Waals surface area contributed by atoms with Gasteiger partial charge in [0.05, 0.1) is 14.2 Å². The minimum atomic E-state index is -0.340. The monoisotopic (exact) mass is 282 g/mol. The summed E-state index contributed by atoms with van der Waals surface area (Å²) in [4.78, 5) is 0. The fourth-order valence-corrected chi connectivity index (χ4v) is 2.41. The van der Waals surface area contributed by atoms with Gasteiger partial charge in [-0.05, 0) is 40.6 Å². The average molecular weight is 282 g/mol. The Balaban J connectivity index is 2.13. The maximum Gasteiger partial charge on any atom is 0.172 e. The second-order valence-corrected chi connectivity index (χ2v) is 4.75. The van der Waals surface area contributed by atoms with Crippen LogP contribution in [0.1, 0.15) is 0 Å². The molecule has 0 radical (unpaired) electrons. The molecule has 0 aliphatic rings. The number of fused-ring (bicyclic) bond motifs is 1. The number of hydrogen-bond donors (Lipinski definition) is 0. The summed E-state index contributed by atoms with van der Waals surface area (Å²) in [5.74, 6) is 0.720. The van der Waals surface area contributed by atoms with E-state index < -0.39 is 0 Å². The van der Waals surface area contributed by atoms with Crippen molar-refractivity contribution in [1.82, 2.24) is 0 Å². The van der Waals surface area contributed by atoms with E-state index in [-0.39, 0.29) is 11.6 Å². The van der Waals surface area contributed by atoms with Crippen LogP contribution in [0.15, 0.2) is 54.6 Å². The fraction of sp³-hybridized carbons (Fsp3) is 0.111. The second-order valence-electron chi connectivity index (χ2n) is 4.75. The molecular weight excluding hydrogens is 267 g/mol. The van der Waals surface area contributed by atoms with E-state index in [1.165, 1.54) is 7.11 Å². The Morgan fingerprint density at radius 2 is 1.57 bits per heavy atom. The van der Waals surface area contributed by atoms with Crippen LogP contribution in [-0.4, -0.2) is 14.2 Å². The number of rotatable bonds is 3. The number of ether oxygens (including phenoxy) is 2. The molecule has 0 spiro atoms. The summed E-state index contributed by atoms with van der Waals surface area (Å²) >= 11 is 0. The van der Waals surface area contributed by atoms with Gasteiger partial charge in [0.2, 0.25) is 0 Å². The third kappa shape index (κ3) is 2.42. The molecule has 21 heavy (non-hydrogen) atoms. The zero-order valence-corrected chi connectivity index (χ0v) is 11.9. The van der Waals surface area contributed by atoms with Crippen molar-refractivity contribution in [2.45, 2.75) is 0 Å². The molecule has 3 heteroatoms. The van der Waals surface area contributed by atoms with E-state index in [4.69, 9.17) is 9.47 Å². The van der Waals surface area contributed by atoms with Crippen LogP contribution in [0.3, 0.4) is 0 Å². The molecule has 106 valence electrons. The standard InChI is InChI=1S/C18H15FO2/c1-20-15-9-8-12-10-14(7-6-13(12)11-15)16-4-3-5-17(21-2)18(16)19/h3-11H,1-2H3. The second kappa shape index (κ2) is 5.44. The lowest BCUT2D eigenvalue weighted by Crippen LogP contribution is -1.91. The number of methoxy groups -OCH3 is 2. The van der Waals surface area contributed by atoms with Crippen LogP contribution in [0.4, 0.5) is 4.39 Å². The van der Waals surface area contributed by atoms with Gasteiger partial charge in [0.1, 0.15) is 5.75 Å². The average Bonchev–Trinajstić information content (AvgIpc) is 2.54. The van der Waals surface area contributed by atoms with Crippen LogP contribution < -0.4 is 9.47 Å². The first kappa shape index (κ1) is 13.4. The summed E-state index contributed by atoms with van der Waals surface area (Å²) in [6, 6.07) is 16.8. The van der Waals surface area contributed by atoms with Crippen molar-refractivity contribution in [3.63, 3.8) is 0 Å². The predicted molar refractivity (Wildman–Crippen MR) is 82.4 cm³/mol. The number of halogens is 1. The summed E-state index contributed by atoms with van der Waals surface area (Å²) < 4.78 is 24.6. The molecular formula is C18H15FO2. The molecule has 0 unspecified atom stereocenters. The van der Waals surface area contributed by atoms with Crippen molar-refractivity contribution in [1.29, 1.82) is 0 Å². The Morgan fingerprint density at radius 1 is 0.810 bits per heavy atom. The predicted octanol–water partition coefficient (Wildman–Crippen LogP) is 4.66. The molecule has 0 heterocycles. The van der Waals surface area contributed by atoms with Crippen molar-refractivity contribution < 1.29 is 13.9 Å². The summed E-state index contributed by atoms with van der Waals surface area (Å²) in [5, 5.41) is 2.09. The fourth-order valence-electron chi connectivity index (χ4n) is 2.41. The lowest BCUT2D eigenvalue weighted by Gasteiger charge is -2.09. The largest absolute Gasteiger partial charge is 0.497 e. The topological polar surface area (TPSA) is 18.5 Å². The maximum absolute atomic E-state index is 14.3. The minimum absolute atomic E-state index is 0.252. The molecule has 0 aromatic heterocycles. The Morgan fingerprint density at radius 3 is 2.33 bits per heavy atom. The van der Waals surface area contributed by atoms with Crippen LogP contribution in [0.5, 0.6) is 11.5 Å².